The summed E-state index contributed by atoms with van der Waals surface area (Å²) in [7, 11) is 2.17. The lowest BCUT2D eigenvalue weighted by Gasteiger charge is -2.28. The van der Waals surface area contributed by atoms with E-state index in [9.17, 15) is 0 Å². The molecule has 2 N–H and O–H groups in total. The summed E-state index contributed by atoms with van der Waals surface area (Å²) >= 11 is 0. The fraction of sp³-hybridized carbons (Fsp3) is 0.333. The predicted octanol–water partition coefficient (Wildman–Crippen LogP) is 3.76. The average molecular weight is 266 g/mol. The standard InChI is InChI=1S/C18H22N2/c1-13(19)14-5-3-6-15(11-14)16-8-9-18-17(12-16)7-4-10-20(18)2/h3,5-6,8-9,11-13H,4,7,10,19H2,1-2H3. The van der Waals surface area contributed by atoms with E-state index < -0.39 is 0 Å². The van der Waals surface area contributed by atoms with Crippen LogP contribution >= 0.6 is 0 Å². The zero-order chi connectivity index (χ0) is 14.1. The summed E-state index contributed by atoms with van der Waals surface area (Å²) in [5.74, 6) is 0. The minimum atomic E-state index is 0.0821. The number of hydrogen-bond donors (Lipinski definition) is 1. The highest BCUT2D eigenvalue weighted by Gasteiger charge is 2.14. The quantitative estimate of drug-likeness (QED) is 0.897. The number of hydrogen-bond acceptors (Lipinski definition) is 2. The van der Waals surface area contributed by atoms with Crippen LogP contribution in [0.3, 0.4) is 0 Å². The summed E-state index contributed by atoms with van der Waals surface area (Å²) < 4.78 is 0. The van der Waals surface area contributed by atoms with Gasteiger partial charge >= 0.3 is 0 Å². The van der Waals surface area contributed by atoms with Gasteiger partial charge in [0, 0.05) is 25.3 Å². The fourth-order valence-corrected chi connectivity index (χ4v) is 2.97. The van der Waals surface area contributed by atoms with E-state index in [4.69, 9.17) is 5.73 Å². The number of aryl methyl sites for hydroxylation is 1. The summed E-state index contributed by atoms with van der Waals surface area (Å²) in [5.41, 5.74) is 12.6. The third-order valence-electron chi connectivity index (χ3n) is 4.18. The Morgan fingerprint density at radius 1 is 1.10 bits per heavy atom. The summed E-state index contributed by atoms with van der Waals surface area (Å²) in [5, 5.41) is 0. The van der Waals surface area contributed by atoms with E-state index in [-0.39, 0.29) is 6.04 Å². The van der Waals surface area contributed by atoms with E-state index in [1.165, 1.54) is 40.8 Å². The van der Waals surface area contributed by atoms with Crippen molar-refractivity contribution in [3.8, 4) is 11.1 Å². The molecule has 1 aliphatic rings. The van der Waals surface area contributed by atoms with Crippen LogP contribution < -0.4 is 10.6 Å². The summed E-state index contributed by atoms with van der Waals surface area (Å²) in [6.45, 7) is 3.19. The van der Waals surface area contributed by atoms with E-state index in [0.717, 1.165) is 6.54 Å². The summed E-state index contributed by atoms with van der Waals surface area (Å²) in [4.78, 5) is 2.35. The van der Waals surface area contributed by atoms with Crippen LogP contribution in [0.15, 0.2) is 42.5 Å². The third-order valence-corrected chi connectivity index (χ3v) is 4.18. The lowest BCUT2D eigenvalue weighted by molar-refractivity contribution is 0.745. The van der Waals surface area contributed by atoms with Gasteiger partial charge in [0.05, 0.1) is 0 Å². The molecule has 3 rings (SSSR count). The van der Waals surface area contributed by atoms with E-state index >= 15 is 0 Å². The molecule has 1 unspecified atom stereocenters. The fourth-order valence-electron chi connectivity index (χ4n) is 2.97. The molecule has 2 heteroatoms. The highest BCUT2D eigenvalue weighted by atomic mass is 15.1. The molecule has 0 aromatic heterocycles. The molecule has 0 saturated heterocycles. The predicted molar refractivity (Wildman–Crippen MR) is 86.1 cm³/mol. The Hall–Kier alpha value is -1.80. The van der Waals surface area contributed by atoms with E-state index in [1.54, 1.807) is 0 Å². The van der Waals surface area contributed by atoms with Gasteiger partial charge in [-0.1, -0.05) is 24.3 Å². The van der Waals surface area contributed by atoms with Crippen LogP contribution in [0.2, 0.25) is 0 Å². The van der Waals surface area contributed by atoms with Gasteiger partial charge in [-0.05, 0) is 60.2 Å². The highest BCUT2D eigenvalue weighted by Crippen LogP contribution is 2.31. The van der Waals surface area contributed by atoms with Gasteiger partial charge in [-0.25, -0.2) is 0 Å². The molecule has 1 aliphatic heterocycles. The Bertz CT molecular complexity index is 617. The van der Waals surface area contributed by atoms with Gasteiger partial charge < -0.3 is 10.6 Å². The molecule has 1 heterocycles. The van der Waals surface area contributed by atoms with Crippen molar-refractivity contribution >= 4 is 5.69 Å². The van der Waals surface area contributed by atoms with Crippen molar-refractivity contribution in [3.05, 3.63) is 53.6 Å². The molecule has 0 fully saturated rings. The Labute approximate surface area is 121 Å². The number of anilines is 1. The largest absolute Gasteiger partial charge is 0.374 e. The molecule has 104 valence electrons. The summed E-state index contributed by atoms with van der Waals surface area (Å²) in [6, 6.07) is 15.5. The van der Waals surface area contributed by atoms with Crippen LogP contribution in [-0.2, 0) is 6.42 Å². The zero-order valence-corrected chi connectivity index (χ0v) is 12.3. The second-order valence-electron chi connectivity index (χ2n) is 5.78. The normalized spacial score (nSPS) is 15.8. The molecule has 2 aromatic carbocycles. The first kappa shape index (κ1) is 13.2. The monoisotopic (exact) mass is 266 g/mol. The Balaban J connectivity index is 2.00. The van der Waals surface area contributed by atoms with Crippen molar-refractivity contribution in [3.63, 3.8) is 0 Å². The van der Waals surface area contributed by atoms with E-state index in [2.05, 4.69) is 54.4 Å². The first-order chi connectivity index (χ1) is 9.65. The second-order valence-corrected chi connectivity index (χ2v) is 5.78. The Morgan fingerprint density at radius 2 is 1.90 bits per heavy atom. The van der Waals surface area contributed by atoms with E-state index in [1.807, 2.05) is 6.92 Å². The van der Waals surface area contributed by atoms with Gasteiger partial charge in [-0.3, -0.25) is 0 Å². The number of fused-ring (bicyclic) bond motifs is 1. The van der Waals surface area contributed by atoms with Crippen LogP contribution in [0.1, 0.15) is 30.5 Å². The molecule has 2 nitrogen and oxygen atoms in total. The van der Waals surface area contributed by atoms with Crippen LogP contribution in [-0.4, -0.2) is 13.6 Å². The van der Waals surface area contributed by atoms with Gasteiger partial charge in [0.15, 0.2) is 0 Å². The molecule has 0 radical (unpaired) electrons. The van der Waals surface area contributed by atoms with Crippen molar-refractivity contribution in [1.29, 1.82) is 0 Å². The summed E-state index contributed by atoms with van der Waals surface area (Å²) in [6.07, 6.45) is 2.42. The molecule has 20 heavy (non-hydrogen) atoms. The van der Waals surface area contributed by atoms with Crippen LogP contribution in [0.4, 0.5) is 5.69 Å². The lowest BCUT2D eigenvalue weighted by atomic mass is 9.95. The van der Waals surface area contributed by atoms with Crippen LogP contribution in [0.25, 0.3) is 11.1 Å². The smallest absolute Gasteiger partial charge is 0.0396 e. The van der Waals surface area contributed by atoms with Gasteiger partial charge in [0.25, 0.3) is 0 Å². The number of rotatable bonds is 2. The van der Waals surface area contributed by atoms with Crippen molar-refractivity contribution < 1.29 is 0 Å². The Morgan fingerprint density at radius 3 is 2.70 bits per heavy atom. The highest BCUT2D eigenvalue weighted by molar-refractivity contribution is 5.70. The van der Waals surface area contributed by atoms with Crippen LogP contribution in [0, 0.1) is 0 Å². The maximum atomic E-state index is 5.98. The van der Waals surface area contributed by atoms with Crippen LogP contribution in [0.5, 0.6) is 0 Å². The number of benzene rings is 2. The van der Waals surface area contributed by atoms with Crippen molar-refractivity contribution in [2.75, 3.05) is 18.5 Å². The maximum Gasteiger partial charge on any atom is 0.0396 e. The molecular weight excluding hydrogens is 244 g/mol. The first-order valence-electron chi connectivity index (χ1n) is 7.35. The third kappa shape index (κ3) is 2.44. The van der Waals surface area contributed by atoms with Crippen molar-refractivity contribution in [2.45, 2.75) is 25.8 Å². The molecule has 1 atom stereocenters. The molecular formula is C18H22N2. The van der Waals surface area contributed by atoms with Crippen molar-refractivity contribution in [2.24, 2.45) is 5.73 Å². The molecule has 2 aromatic rings. The average Bonchev–Trinajstić information content (AvgIpc) is 2.47. The Kier molecular flexibility index (Phi) is 3.49. The van der Waals surface area contributed by atoms with Crippen molar-refractivity contribution in [1.82, 2.24) is 0 Å². The molecule has 0 bridgehead atoms. The molecule has 0 amide bonds. The number of nitrogens with two attached hydrogens (primary N) is 1. The maximum absolute atomic E-state index is 5.98. The van der Waals surface area contributed by atoms with Gasteiger partial charge in [0.2, 0.25) is 0 Å². The molecule has 0 saturated carbocycles. The van der Waals surface area contributed by atoms with Gasteiger partial charge in [0.1, 0.15) is 0 Å². The zero-order valence-electron chi connectivity index (χ0n) is 12.3. The SMILES string of the molecule is CC(N)c1cccc(-c2ccc3c(c2)CCCN3C)c1. The minimum absolute atomic E-state index is 0.0821. The van der Waals surface area contributed by atoms with E-state index in [0.29, 0.717) is 0 Å². The van der Waals surface area contributed by atoms with Gasteiger partial charge in [-0.15, -0.1) is 0 Å². The number of nitrogens with zero attached hydrogens (tertiary/aromatic N) is 1. The van der Waals surface area contributed by atoms with Gasteiger partial charge in [-0.2, -0.15) is 0 Å². The second kappa shape index (κ2) is 5.29. The minimum Gasteiger partial charge on any atom is -0.374 e. The topological polar surface area (TPSA) is 29.3 Å². The first-order valence-corrected chi connectivity index (χ1v) is 7.35. The molecule has 0 aliphatic carbocycles. The molecule has 0 spiro atoms. The lowest BCUT2D eigenvalue weighted by Crippen LogP contribution is -2.24.